The highest BCUT2D eigenvalue weighted by atomic mass is 15.1. The van der Waals surface area contributed by atoms with Crippen molar-refractivity contribution in [1.29, 1.82) is 0 Å². The van der Waals surface area contributed by atoms with Crippen LogP contribution in [0, 0.1) is 0 Å². The van der Waals surface area contributed by atoms with Gasteiger partial charge in [0.25, 0.3) is 0 Å². The van der Waals surface area contributed by atoms with E-state index in [9.17, 15) is 0 Å². The molecule has 0 aliphatic heterocycles. The Kier molecular flexibility index (Phi) is 9.94. The predicted octanol–water partition coefficient (Wildman–Crippen LogP) is 20.0. The Labute approximate surface area is 434 Å². The minimum atomic E-state index is -0.249. The van der Waals surface area contributed by atoms with Crippen molar-refractivity contribution in [2.45, 2.75) is 38.5 Å². The molecule has 352 valence electrons. The van der Waals surface area contributed by atoms with Gasteiger partial charge < -0.3 is 9.80 Å². The number of fused-ring (bicyclic) bond motifs is 6. The lowest BCUT2D eigenvalue weighted by atomic mass is 9.62. The smallest absolute Gasteiger partial charge is 0.0540 e. The van der Waals surface area contributed by atoms with Crippen molar-refractivity contribution in [2.75, 3.05) is 9.80 Å². The van der Waals surface area contributed by atoms with Crippen LogP contribution < -0.4 is 9.80 Å². The van der Waals surface area contributed by atoms with Crippen LogP contribution in [0.1, 0.15) is 49.9 Å². The Hall–Kier alpha value is -8.98. The van der Waals surface area contributed by atoms with Gasteiger partial charge >= 0.3 is 0 Å². The van der Waals surface area contributed by atoms with Gasteiger partial charge in [-0.3, -0.25) is 0 Å². The lowest BCUT2D eigenvalue weighted by Crippen LogP contribution is -2.28. The summed E-state index contributed by atoms with van der Waals surface area (Å²) >= 11 is 0. The third-order valence-corrected chi connectivity index (χ3v) is 16.4. The zero-order chi connectivity index (χ0) is 49.7. The maximum Gasteiger partial charge on any atom is 0.0540 e. The summed E-state index contributed by atoms with van der Waals surface area (Å²) in [6.07, 6.45) is 0. The first kappa shape index (κ1) is 43.8. The molecular formula is C72H54N2. The van der Waals surface area contributed by atoms with E-state index < -0.39 is 0 Å². The molecule has 74 heavy (non-hydrogen) atoms. The van der Waals surface area contributed by atoms with Gasteiger partial charge in [-0.2, -0.15) is 0 Å². The Bertz CT molecular complexity index is 3820. The molecule has 2 heteroatoms. The largest absolute Gasteiger partial charge is 0.310 e. The summed E-state index contributed by atoms with van der Waals surface area (Å²) in [7, 11) is 0. The fraction of sp³-hybridized carbons (Fsp3) is 0.0833. The Morgan fingerprint density at radius 1 is 0.243 bits per heavy atom. The van der Waals surface area contributed by atoms with Gasteiger partial charge in [0.15, 0.2) is 0 Å². The molecule has 0 aromatic heterocycles. The lowest BCUT2D eigenvalue weighted by molar-refractivity contribution is 0.633. The number of hydrogen-bond donors (Lipinski definition) is 0. The van der Waals surface area contributed by atoms with E-state index in [1.54, 1.807) is 0 Å². The summed E-state index contributed by atoms with van der Waals surface area (Å²) in [5, 5.41) is 7.70. The van der Waals surface area contributed by atoms with Gasteiger partial charge in [0.2, 0.25) is 0 Å². The van der Waals surface area contributed by atoms with E-state index in [-0.39, 0.29) is 10.8 Å². The third kappa shape index (κ3) is 6.64. The van der Waals surface area contributed by atoms with E-state index in [2.05, 4.69) is 292 Å². The van der Waals surface area contributed by atoms with Crippen LogP contribution in [0.2, 0.25) is 0 Å². The van der Waals surface area contributed by atoms with E-state index in [0.717, 1.165) is 34.1 Å². The SMILES string of the molecule is CC1(C)c2cc(-c3ccc(N(c4ccccc4)c4ccccc4)c4ccccc34)ccc2-c2ccc3c4c(ccc1c24)C(C)(C)c1cc(-c2ccc(N(c4ccccc4)c4ccccc4)c4ccccc24)ccc1-3. The fourth-order valence-corrected chi connectivity index (χ4v) is 12.8. The maximum absolute atomic E-state index is 2.49. The molecule has 2 nitrogen and oxygen atoms in total. The van der Waals surface area contributed by atoms with E-state index in [0.29, 0.717) is 0 Å². The van der Waals surface area contributed by atoms with Crippen molar-refractivity contribution in [3.05, 3.63) is 277 Å². The molecule has 0 N–H and O–H groups in total. The Balaban J connectivity index is 0.873. The Morgan fingerprint density at radius 3 is 0.892 bits per heavy atom. The van der Waals surface area contributed by atoms with Crippen LogP contribution in [-0.2, 0) is 10.8 Å². The molecule has 2 aliphatic carbocycles. The molecule has 0 amide bonds. The summed E-state index contributed by atoms with van der Waals surface area (Å²) in [4.78, 5) is 4.76. The van der Waals surface area contributed by atoms with Crippen molar-refractivity contribution < 1.29 is 0 Å². The number of benzene rings is 12. The zero-order valence-electron chi connectivity index (χ0n) is 42.1. The molecule has 14 rings (SSSR count). The topological polar surface area (TPSA) is 6.48 Å². The van der Waals surface area contributed by atoms with E-state index >= 15 is 0 Å². The van der Waals surface area contributed by atoms with Crippen molar-refractivity contribution in [3.63, 3.8) is 0 Å². The van der Waals surface area contributed by atoms with Crippen LogP contribution in [0.25, 0.3) is 76.8 Å². The molecule has 0 saturated carbocycles. The Morgan fingerprint density at radius 2 is 0.541 bits per heavy atom. The van der Waals surface area contributed by atoms with E-state index in [4.69, 9.17) is 0 Å². The second-order valence-corrected chi connectivity index (χ2v) is 21.2. The molecule has 0 fully saturated rings. The minimum Gasteiger partial charge on any atom is -0.310 e. The maximum atomic E-state index is 2.49. The van der Waals surface area contributed by atoms with Crippen LogP contribution >= 0.6 is 0 Å². The normalized spacial score (nSPS) is 13.6. The van der Waals surface area contributed by atoms with Crippen LogP contribution in [0.4, 0.5) is 34.1 Å². The summed E-state index contributed by atoms with van der Waals surface area (Å²) in [5.41, 5.74) is 22.1. The molecule has 12 aromatic carbocycles. The molecule has 0 heterocycles. The molecule has 0 unspecified atom stereocenters. The predicted molar refractivity (Wildman–Crippen MR) is 314 cm³/mol. The van der Waals surface area contributed by atoms with Crippen LogP contribution in [-0.4, -0.2) is 0 Å². The van der Waals surface area contributed by atoms with Gasteiger partial charge in [-0.1, -0.05) is 210 Å². The summed E-state index contributed by atoms with van der Waals surface area (Å²) in [5.74, 6) is 0. The van der Waals surface area contributed by atoms with Gasteiger partial charge in [0, 0.05) is 44.4 Å². The summed E-state index contributed by atoms with van der Waals surface area (Å²) in [6, 6.07) is 94.2. The average molecular weight is 947 g/mol. The van der Waals surface area contributed by atoms with E-state index in [1.807, 2.05) is 0 Å². The van der Waals surface area contributed by atoms with Gasteiger partial charge in [0.05, 0.1) is 11.4 Å². The standard InChI is InChI=1S/C72H54N2/c1-71(2)63-41-42-64-70-62(58-36-34-48(46-66(58)72(64,3)4)54-40-44-68(60-32-20-18-30-56(54)60)74(51-25-13-7-14-26-51)52-27-15-8-16-28-52)38-37-61(69(63)70)57-35-33-47(45-65(57)71)53-39-43-67(59-31-19-17-29-55(53)59)73(49-21-9-5-10-22-49)50-23-11-6-12-24-50/h5-46H,1-4H3. The van der Waals surface area contributed by atoms with Crippen LogP contribution in [0.5, 0.6) is 0 Å². The molecule has 2 aliphatic rings. The quantitative estimate of drug-likeness (QED) is 0.150. The lowest BCUT2D eigenvalue weighted by Gasteiger charge is -2.41. The molecule has 0 spiro atoms. The minimum absolute atomic E-state index is 0.249. The number of hydrogen-bond acceptors (Lipinski definition) is 2. The fourth-order valence-electron chi connectivity index (χ4n) is 12.8. The molecule has 0 bridgehead atoms. The molecule has 0 atom stereocenters. The first-order valence-electron chi connectivity index (χ1n) is 26.0. The average Bonchev–Trinajstić information content (AvgIpc) is 3.45. The third-order valence-electron chi connectivity index (χ3n) is 16.4. The van der Waals surface area contributed by atoms with Crippen molar-refractivity contribution >= 4 is 66.4 Å². The van der Waals surface area contributed by atoms with Crippen molar-refractivity contribution in [2.24, 2.45) is 0 Å². The summed E-state index contributed by atoms with van der Waals surface area (Å²) < 4.78 is 0. The highest BCUT2D eigenvalue weighted by molar-refractivity contribution is 6.14. The first-order chi connectivity index (χ1) is 36.3. The van der Waals surface area contributed by atoms with Gasteiger partial charge in [-0.05, 0) is 161 Å². The van der Waals surface area contributed by atoms with Crippen molar-refractivity contribution in [3.8, 4) is 44.5 Å². The highest BCUT2D eigenvalue weighted by Crippen LogP contribution is 2.57. The van der Waals surface area contributed by atoms with Crippen LogP contribution in [0.15, 0.2) is 255 Å². The molecule has 12 aromatic rings. The van der Waals surface area contributed by atoms with Crippen LogP contribution in [0.3, 0.4) is 0 Å². The van der Waals surface area contributed by atoms with Crippen molar-refractivity contribution in [1.82, 2.24) is 0 Å². The van der Waals surface area contributed by atoms with E-state index in [1.165, 1.54) is 99.1 Å². The molecule has 0 saturated heterocycles. The highest BCUT2D eigenvalue weighted by Gasteiger charge is 2.40. The monoisotopic (exact) mass is 946 g/mol. The van der Waals surface area contributed by atoms with Gasteiger partial charge in [-0.15, -0.1) is 0 Å². The molecular weight excluding hydrogens is 893 g/mol. The second-order valence-electron chi connectivity index (χ2n) is 21.2. The van der Waals surface area contributed by atoms with Gasteiger partial charge in [0.1, 0.15) is 0 Å². The number of nitrogens with zero attached hydrogens (tertiary/aromatic N) is 2. The second kappa shape index (κ2) is 16.8. The first-order valence-corrected chi connectivity index (χ1v) is 26.0. The van der Waals surface area contributed by atoms with Gasteiger partial charge in [-0.25, -0.2) is 0 Å². The summed E-state index contributed by atoms with van der Waals surface area (Å²) in [6.45, 7) is 9.74. The zero-order valence-corrected chi connectivity index (χ0v) is 42.1. The molecule has 0 radical (unpaired) electrons. The number of para-hydroxylation sites is 4. The number of anilines is 6. The number of rotatable bonds is 8.